The molecule has 32 heavy (non-hydrogen) atoms. The summed E-state index contributed by atoms with van der Waals surface area (Å²) in [4.78, 5) is 2.23. The van der Waals surface area contributed by atoms with Gasteiger partial charge in [-0.2, -0.15) is 0 Å². The van der Waals surface area contributed by atoms with Crippen LogP contribution in [0.2, 0.25) is 0 Å². The van der Waals surface area contributed by atoms with Gasteiger partial charge in [0.1, 0.15) is 18.1 Å². The second kappa shape index (κ2) is 9.33. The number of rotatable bonds is 7. The molecule has 5 rings (SSSR count). The Kier molecular flexibility index (Phi) is 6.13. The molecule has 3 nitrogen and oxygen atoms in total. The molecule has 1 N–H and O–H groups in total. The van der Waals surface area contributed by atoms with Gasteiger partial charge in [0.25, 0.3) is 0 Å². The molecule has 3 aromatic rings. The maximum absolute atomic E-state index is 12.6. The SMILES string of the molecule is Oc1cccc2c1[C@H](c1ccc(OCCN3CC(CF)C3)cc1)[C@H](c1ccccc1)CC2. The summed E-state index contributed by atoms with van der Waals surface area (Å²) in [7, 11) is 0. The molecule has 1 heterocycles. The van der Waals surface area contributed by atoms with Crippen LogP contribution in [0.1, 0.15) is 40.5 Å². The van der Waals surface area contributed by atoms with Crippen LogP contribution in [-0.4, -0.2) is 42.9 Å². The minimum Gasteiger partial charge on any atom is -0.508 e. The summed E-state index contributed by atoms with van der Waals surface area (Å²) < 4.78 is 18.5. The number of fused-ring (bicyclic) bond motifs is 1. The minimum absolute atomic E-state index is 0.107. The first kappa shape index (κ1) is 21.0. The van der Waals surface area contributed by atoms with E-state index in [1.54, 1.807) is 6.07 Å². The van der Waals surface area contributed by atoms with Crippen LogP contribution in [0.25, 0.3) is 0 Å². The second-order valence-electron chi connectivity index (χ2n) is 9.08. The third-order valence-electron chi connectivity index (χ3n) is 7.01. The van der Waals surface area contributed by atoms with E-state index in [4.69, 9.17) is 4.74 Å². The van der Waals surface area contributed by atoms with E-state index in [1.165, 1.54) is 16.7 Å². The molecule has 0 amide bonds. The maximum atomic E-state index is 12.6. The van der Waals surface area contributed by atoms with Crippen molar-refractivity contribution in [1.82, 2.24) is 4.90 Å². The summed E-state index contributed by atoms with van der Waals surface area (Å²) >= 11 is 0. The van der Waals surface area contributed by atoms with Crippen LogP contribution >= 0.6 is 0 Å². The van der Waals surface area contributed by atoms with Gasteiger partial charge in [-0.05, 0) is 53.6 Å². The summed E-state index contributed by atoms with van der Waals surface area (Å²) in [5.74, 6) is 1.87. The zero-order valence-electron chi connectivity index (χ0n) is 18.3. The van der Waals surface area contributed by atoms with Gasteiger partial charge in [0, 0.05) is 37.0 Å². The Labute approximate surface area is 189 Å². The van der Waals surface area contributed by atoms with Crippen LogP contribution in [-0.2, 0) is 6.42 Å². The Bertz CT molecular complexity index is 1030. The number of ether oxygens (including phenoxy) is 1. The minimum atomic E-state index is -0.220. The fourth-order valence-corrected chi connectivity index (χ4v) is 5.33. The molecule has 4 heteroatoms. The van der Waals surface area contributed by atoms with Crippen molar-refractivity contribution in [3.63, 3.8) is 0 Å². The number of likely N-dealkylation sites (tertiary alicyclic amines) is 1. The van der Waals surface area contributed by atoms with Crippen LogP contribution in [0.4, 0.5) is 4.39 Å². The molecule has 0 aromatic heterocycles. The highest BCUT2D eigenvalue weighted by Crippen LogP contribution is 2.49. The quantitative estimate of drug-likeness (QED) is 0.534. The first-order valence-corrected chi connectivity index (χ1v) is 11.6. The third-order valence-corrected chi connectivity index (χ3v) is 7.01. The lowest BCUT2D eigenvalue weighted by atomic mass is 9.69. The predicted octanol–water partition coefficient (Wildman–Crippen LogP) is 5.53. The van der Waals surface area contributed by atoms with Crippen molar-refractivity contribution in [2.75, 3.05) is 32.9 Å². The smallest absolute Gasteiger partial charge is 0.119 e. The summed E-state index contributed by atoms with van der Waals surface area (Å²) in [6, 6.07) is 24.9. The van der Waals surface area contributed by atoms with Crippen molar-refractivity contribution < 1.29 is 14.2 Å². The first-order chi connectivity index (χ1) is 15.7. The van der Waals surface area contributed by atoms with E-state index in [9.17, 15) is 9.50 Å². The number of phenols is 1. The van der Waals surface area contributed by atoms with E-state index in [0.29, 0.717) is 18.3 Å². The van der Waals surface area contributed by atoms with E-state index < -0.39 is 0 Å². The van der Waals surface area contributed by atoms with E-state index >= 15 is 0 Å². The van der Waals surface area contributed by atoms with E-state index in [1.807, 2.05) is 18.2 Å². The zero-order chi connectivity index (χ0) is 21.9. The Morgan fingerprint density at radius 3 is 2.44 bits per heavy atom. The third kappa shape index (κ3) is 4.24. The molecular formula is C28H30FNO2. The van der Waals surface area contributed by atoms with Crippen LogP contribution < -0.4 is 4.74 Å². The Morgan fingerprint density at radius 2 is 1.69 bits per heavy atom. The molecule has 1 saturated heterocycles. The Morgan fingerprint density at radius 1 is 0.906 bits per heavy atom. The molecule has 1 fully saturated rings. The van der Waals surface area contributed by atoms with Gasteiger partial charge in [-0.1, -0.05) is 54.6 Å². The highest BCUT2D eigenvalue weighted by atomic mass is 19.1. The van der Waals surface area contributed by atoms with Crippen molar-refractivity contribution >= 4 is 0 Å². The molecule has 0 unspecified atom stereocenters. The number of nitrogens with zero attached hydrogens (tertiary/aromatic N) is 1. The predicted molar refractivity (Wildman–Crippen MR) is 125 cm³/mol. The van der Waals surface area contributed by atoms with Gasteiger partial charge in [-0.3, -0.25) is 9.29 Å². The summed E-state index contributed by atoms with van der Waals surface area (Å²) in [5.41, 5.74) is 4.81. The Hall–Kier alpha value is -2.85. The summed E-state index contributed by atoms with van der Waals surface area (Å²) in [6.07, 6.45) is 2.03. The second-order valence-corrected chi connectivity index (χ2v) is 9.08. The number of benzene rings is 3. The highest BCUT2D eigenvalue weighted by molar-refractivity contribution is 5.51. The molecular weight excluding hydrogens is 401 g/mol. The lowest BCUT2D eigenvalue weighted by Gasteiger charge is -2.37. The van der Waals surface area contributed by atoms with Gasteiger partial charge in [-0.15, -0.1) is 0 Å². The molecule has 0 saturated carbocycles. The standard InChI is InChI=1S/C28H30FNO2/c29-17-20-18-30(19-20)15-16-32-24-12-9-23(10-13-24)27-25(21-5-2-1-3-6-21)14-11-22-7-4-8-26(31)28(22)27/h1-10,12-13,20,25,27,31H,11,14-19H2/t25-,27+/m0/s1. The van der Waals surface area contributed by atoms with Gasteiger partial charge in [0.2, 0.25) is 0 Å². The number of hydrogen-bond donors (Lipinski definition) is 1. The number of aryl methyl sites for hydroxylation is 1. The van der Waals surface area contributed by atoms with Crippen molar-refractivity contribution in [2.24, 2.45) is 5.92 Å². The summed E-state index contributed by atoms with van der Waals surface area (Å²) in [5, 5.41) is 10.8. The molecule has 3 aromatic carbocycles. The van der Waals surface area contributed by atoms with Gasteiger partial charge in [-0.25, -0.2) is 0 Å². The lowest BCUT2D eigenvalue weighted by Crippen LogP contribution is -2.49. The van der Waals surface area contributed by atoms with Crippen molar-refractivity contribution in [1.29, 1.82) is 0 Å². The average molecular weight is 432 g/mol. The number of alkyl halides is 1. The first-order valence-electron chi connectivity index (χ1n) is 11.6. The molecule has 0 bridgehead atoms. The molecule has 166 valence electrons. The number of phenolic OH excluding ortho intramolecular Hbond substituents is 1. The van der Waals surface area contributed by atoms with Gasteiger partial charge >= 0.3 is 0 Å². The van der Waals surface area contributed by atoms with Crippen LogP contribution in [0, 0.1) is 5.92 Å². The van der Waals surface area contributed by atoms with Gasteiger partial charge < -0.3 is 9.84 Å². The fraction of sp³-hybridized carbons (Fsp3) is 0.357. The van der Waals surface area contributed by atoms with Crippen LogP contribution in [0.3, 0.4) is 0 Å². The number of hydrogen-bond acceptors (Lipinski definition) is 3. The van der Waals surface area contributed by atoms with E-state index in [2.05, 4.69) is 53.4 Å². The number of aromatic hydroxyl groups is 1. The van der Waals surface area contributed by atoms with Crippen LogP contribution in [0.5, 0.6) is 11.5 Å². The molecule has 1 aliphatic carbocycles. The van der Waals surface area contributed by atoms with E-state index in [0.717, 1.165) is 43.8 Å². The van der Waals surface area contributed by atoms with Crippen LogP contribution in [0.15, 0.2) is 72.8 Å². The Balaban J connectivity index is 1.35. The largest absolute Gasteiger partial charge is 0.508 e. The highest BCUT2D eigenvalue weighted by Gasteiger charge is 2.34. The lowest BCUT2D eigenvalue weighted by molar-refractivity contribution is 0.0668. The maximum Gasteiger partial charge on any atom is 0.119 e. The monoisotopic (exact) mass is 431 g/mol. The molecule has 0 radical (unpaired) electrons. The van der Waals surface area contributed by atoms with E-state index in [-0.39, 0.29) is 18.5 Å². The number of halogens is 1. The average Bonchev–Trinajstić information content (AvgIpc) is 2.81. The molecule has 1 aliphatic heterocycles. The summed E-state index contributed by atoms with van der Waals surface area (Å²) in [6.45, 7) is 2.90. The fourth-order valence-electron chi connectivity index (χ4n) is 5.33. The topological polar surface area (TPSA) is 32.7 Å². The van der Waals surface area contributed by atoms with Gasteiger partial charge in [0.05, 0.1) is 6.67 Å². The zero-order valence-corrected chi connectivity index (χ0v) is 18.3. The molecule has 2 aliphatic rings. The van der Waals surface area contributed by atoms with Crippen molar-refractivity contribution in [3.05, 3.63) is 95.1 Å². The molecule has 2 atom stereocenters. The van der Waals surface area contributed by atoms with Gasteiger partial charge in [0.15, 0.2) is 0 Å². The normalized spacial score (nSPS) is 21.0. The van der Waals surface area contributed by atoms with Crippen molar-refractivity contribution in [3.8, 4) is 11.5 Å². The van der Waals surface area contributed by atoms with Crippen molar-refractivity contribution in [2.45, 2.75) is 24.7 Å². The molecule has 0 spiro atoms.